The van der Waals surface area contributed by atoms with Gasteiger partial charge in [0, 0.05) is 11.4 Å². The summed E-state index contributed by atoms with van der Waals surface area (Å²) in [7, 11) is 0. The first-order valence-electron chi connectivity index (χ1n) is 8.97. The molecule has 1 fully saturated rings. The molecule has 0 radical (unpaired) electrons. The highest BCUT2D eigenvalue weighted by Crippen LogP contribution is 2.23. The van der Waals surface area contributed by atoms with Gasteiger partial charge in [-0.3, -0.25) is 15.0 Å². The Kier molecular flexibility index (Phi) is 4.64. The largest absolute Gasteiger partial charge is 0.355 e. The molecule has 0 spiro atoms. The summed E-state index contributed by atoms with van der Waals surface area (Å²) in [6.45, 7) is 2.05. The van der Waals surface area contributed by atoms with E-state index in [2.05, 4.69) is 10.7 Å². The normalized spacial score (nSPS) is 15.0. The van der Waals surface area contributed by atoms with Crippen molar-refractivity contribution in [2.24, 2.45) is 0 Å². The highest BCUT2D eigenvalue weighted by molar-refractivity contribution is 6.31. The van der Waals surface area contributed by atoms with E-state index in [-0.39, 0.29) is 11.5 Å². The number of nitrogens with one attached hydrogen (secondary N) is 2. The Morgan fingerprint density at radius 2 is 1.54 bits per heavy atom. The number of anilines is 3. The van der Waals surface area contributed by atoms with Crippen LogP contribution in [0, 0.1) is 6.92 Å². The minimum atomic E-state index is -0.407. The number of hydrogen-bond donors (Lipinski definition) is 2. The third-order valence-electron chi connectivity index (χ3n) is 4.55. The van der Waals surface area contributed by atoms with Crippen LogP contribution in [0.2, 0.25) is 0 Å². The van der Waals surface area contributed by atoms with E-state index < -0.39 is 5.91 Å². The van der Waals surface area contributed by atoms with Crippen molar-refractivity contribution in [3.63, 3.8) is 0 Å². The fourth-order valence-corrected chi connectivity index (χ4v) is 3.01. The Balaban J connectivity index is 1.53. The zero-order chi connectivity index (χ0) is 19.5. The Morgan fingerprint density at radius 3 is 2.25 bits per heavy atom. The van der Waals surface area contributed by atoms with Gasteiger partial charge in [-0.05, 0) is 54.5 Å². The van der Waals surface area contributed by atoms with Crippen molar-refractivity contribution in [3.05, 3.63) is 95.6 Å². The molecule has 3 aromatic rings. The van der Waals surface area contributed by atoms with Crippen molar-refractivity contribution in [1.29, 1.82) is 0 Å². The summed E-state index contributed by atoms with van der Waals surface area (Å²) in [6, 6.07) is 24.7. The van der Waals surface area contributed by atoms with Gasteiger partial charge in [-0.1, -0.05) is 48.5 Å². The van der Waals surface area contributed by atoms with E-state index in [1.54, 1.807) is 18.2 Å². The Hall–Kier alpha value is -3.86. The molecule has 5 nitrogen and oxygen atoms in total. The first-order valence-corrected chi connectivity index (χ1v) is 8.97. The lowest BCUT2D eigenvalue weighted by molar-refractivity contribution is -0.117. The van der Waals surface area contributed by atoms with Gasteiger partial charge in [0.15, 0.2) is 0 Å². The van der Waals surface area contributed by atoms with E-state index in [0.717, 1.165) is 22.5 Å². The minimum absolute atomic E-state index is 0.114. The number of hydrazine groups is 1. The quantitative estimate of drug-likeness (QED) is 0.535. The SMILES string of the molecule is Cc1ccccc1Nc1ccc(/C=C2\C(=O)NN(c3ccccc3)C2=O)cc1. The van der Waals surface area contributed by atoms with Crippen molar-refractivity contribution in [3.8, 4) is 0 Å². The molecule has 4 rings (SSSR count). The predicted octanol–water partition coefficient (Wildman–Crippen LogP) is 4.20. The van der Waals surface area contributed by atoms with Gasteiger partial charge in [0.2, 0.25) is 0 Å². The molecule has 3 aromatic carbocycles. The molecule has 0 atom stereocenters. The van der Waals surface area contributed by atoms with Crippen LogP contribution in [0.1, 0.15) is 11.1 Å². The van der Waals surface area contributed by atoms with Crippen LogP contribution in [-0.4, -0.2) is 11.8 Å². The molecule has 2 amide bonds. The van der Waals surface area contributed by atoms with E-state index in [1.165, 1.54) is 5.01 Å². The highest BCUT2D eigenvalue weighted by atomic mass is 16.2. The van der Waals surface area contributed by atoms with Gasteiger partial charge >= 0.3 is 0 Å². The summed E-state index contributed by atoms with van der Waals surface area (Å²) in [4.78, 5) is 24.9. The number of rotatable bonds is 4. The van der Waals surface area contributed by atoms with Gasteiger partial charge in [-0.2, -0.15) is 0 Å². The number of carbonyl (C=O) groups excluding carboxylic acids is 2. The highest BCUT2D eigenvalue weighted by Gasteiger charge is 2.34. The predicted molar refractivity (Wildman–Crippen MR) is 111 cm³/mol. The molecule has 0 aliphatic carbocycles. The van der Waals surface area contributed by atoms with E-state index >= 15 is 0 Å². The maximum Gasteiger partial charge on any atom is 0.282 e. The van der Waals surface area contributed by atoms with Crippen molar-refractivity contribution >= 4 is 35.0 Å². The maximum atomic E-state index is 12.6. The molecule has 2 N–H and O–H groups in total. The van der Waals surface area contributed by atoms with Crippen LogP contribution < -0.4 is 15.8 Å². The van der Waals surface area contributed by atoms with Crippen LogP contribution in [0.4, 0.5) is 17.1 Å². The van der Waals surface area contributed by atoms with Gasteiger partial charge in [-0.15, -0.1) is 0 Å². The molecule has 0 bridgehead atoms. The first-order chi connectivity index (χ1) is 13.6. The Bertz CT molecular complexity index is 1060. The van der Waals surface area contributed by atoms with Crippen molar-refractivity contribution in [2.45, 2.75) is 6.92 Å². The average molecular weight is 369 g/mol. The monoisotopic (exact) mass is 369 g/mol. The van der Waals surface area contributed by atoms with Crippen molar-refractivity contribution < 1.29 is 9.59 Å². The summed E-state index contributed by atoms with van der Waals surface area (Å²) in [5, 5.41) is 4.63. The van der Waals surface area contributed by atoms with E-state index in [4.69, 9.17) is 0 Å². The fourth-order valence-electron chi connectivity index (χ4n) is 3.01. The minimum Gasteiger partial charge on any atom is -0.355 e. The molecule has 1 aliphatic rings. The Labute approximate surface area is 163 Å². The smallest absolute Gasteiger partial charge is 0.282 e. The second kappa shape index (κ2) is 7.40. The molecule has 0 saturated carbocycles. The van der Waals surface area contributed by atoms with Crippen molar-refractivity contribution in [1.82, 2.24) is 5.43 Å². The van der Waals surface area contributed by atoms with Crippen molar-refractivity contribution in [2.75, 3.05) is 10.3 Å². The molecule has 138 valence electrons. The van der Waals surface area contributed by atoms with Gasteiger partial charge in [-0.25, -0.2) is 5.01 Å². The van der Waals surface area contributed by atoms with Gasteiger partial charge in [0.25, 0.3) is 11.8 Å². The third kappa shape index (κ3) is 3.50. The summed E-state index contributed by atoms with van der Waals surface area (Å²) in [5.41, 5.74) is 7.26. The van der Waals surface area contributed by atoms with Crippen LogP contribution >= 0.6 is 0 Å². The van der Waals surface area contributed by atoms with Gasteiger partial charge in [0.05, 0.1) is 5.69 Å². The molecule has 1 heterocycles. The average Bonchev–Trinajstić information content (AvgIpc) is 3.00. The second-order valence-corrected chi connectivity index (χ2v) is 6.54. The zero-order valence-electron chi connectivity index (χ0n) is 15.3. The maximum absolute atomic E-state index is 12.6. The van der Waals surface area contributed by atoms with E-state index in [9.17, 15) is 9.59 Å². The molecule has 1 saturated heterocycles. The summed E-state index contributed by atoms with van der Waals surface area (Å²) >= 11 is 0. The third-order valence-corrected chi connectivity index (χ3v) is 4.55. The van der Waals surface area contributed by atoms with Gasteiger partial charge < -0.3 is 5.32 Å². The lowest BCUT2D eigenvalue weighted by Crippen LogP contribution is -2.35. The first kappa shape index (κ1) is 17.5. The molecular formula is C23H19N3O2. The molecule has 5 heteroatoms. The lowest BCUT2D eigenvalue weighted by atomic mass is 10.1. The standard InChI is InChI=1S/C23H19N3O2/c1-16-7-5-6-10-21(16)24-18-13-11-17(12-14-18)15-20-22(27)25-26(23(20)28)19-8-3-2-4-9-19/h2-15,24H,1H3,(H,25,27)/b20-15+. The number of hydrogen-bond acceptors (Lipinski definition) is 3. The molecule has 0 aromatic heterocycles. The second-order valence-electron chi connectivity index (χ2n) is 6.54. The number of aryl methyl sites for hydroxylation is 1. The molecule has 28 heavy (non-hydrogen) atoms. The van der Waals surface area contributed by atoms with Crippen LogP contribution in [0.3, 0.4) is 0 Å². The van der Waals surface area contributed by atoms with Crippen LogP contribution in [0.25, 0.3) is 6.08 Å². The molecular weight excluding hydrogens is 350 g/mol. The number of benzene rings is 3. The summed E-state index contributed by atoms with van der Waals surface area (Å²) in [6.07, 6.45) is 1.61. The number of amides is 2. The van der Waals surface area contributed by atoms with Gasteiger partial charge in [0.1, 0.15) is 5.57 Å². The van der Waals surface area contributed by atoms with Crippen LogP contribution in [-0.2, 0) is 9.59 Å². The van der Waals surface area contributed by atoms with Crippen LogP contribution in [0.15, 0.2) is 84.4 Å². The Morgan fingerprint density at radius 1 is 0.857 bits per heavy atom. The van der Waals surface area contributed by atoms with Crippen LogP contribution in [0.5, 0.6) is 0 Å². The topological polar surface area (TPSA) is 61.4 Å². The zero-order valence-corrected chi connectivity index (χ0v) is 15.3. The fraction of sp³-hybridized carbons (Fsp3) is 0.0435. The summed E-state index contributed by atoms with van der Waals surface area (Å²) in [5.74, 6) is -0.769. The number of para-hydroxylation sites is 2. The van der Waals surface area contributed by atoms with E-state index in [0.29, 0.717) is 5.69 Å². The molecule has 1 aliphatic heterocycles. The summed E-state index contributed by atoms with van der Waals surface area (Å²) < 4.78 is 0. The lowest BCUT2D eigenvalue weighted by Gasteiger charge is -2.13. The number of carbonyl (C=O) groups is 2. The van der Waals surface area contributed by atoms with E-state index in [1.807, 2.05) is 73.7 Å². The number of nitrogens with zero attached hydrogens (tertiary/aromatic N) is 1. The molecule has 0 unspecified atom stereocenters.